The molecule has 1 aliphatic heterocycles. The molecule has 0 aromatic heterocycles. The van der Waals surface area contributed by atoms with Crippen molar-refractivity contribution >= 4 is 0 Å². The van der Waals surface area contributed by atoms with Gasteiger partial charge in [0.1, 0.15) is 0 Å². The number of hydrazine groups is 1. The van der Waals surface area contributed by atoms with Gasteiger partial charge in [0.05, 0.1) is 6.61 Å². The van der Waals surface area contributed by atoms with Gasteiger partial charge in [0.2, 0.25) is 0 Å². The van der Waals surface area contributed by atoms with Crippen LogP contribution in [0.5, 0.6) is 0 Å². The molecule has 2 unspecified atom stereocenters. The molecule has 14 heavy (non-hydrogen) atoms. The van der Waals surface area contributed by atoms with Crippen LogP contribution in [0.3, 0.4) is 0 Å². The number of rotatable bonds is 4. The molecule has 3 nitrogen and oxygen atoms in total. The maximum absolute atomic E-state index is 5.63. The average Bonchev–Trinajstić information content (AvgIpc) is 2.18. The summed E-state index contributed by atoms with van der Waals surface area (Å²) in [5, 5.41) is 0. The standard InChI is InChI=1S/C11H22N2O/c12-13-11(7-9-3-1-4-9)10-5-2-6-14-8-10/h9-11,13H,1-8,12H2. The molecular weight excluding hydrogens is 176 g/mol. The van der Waals surface area contributed by atoms with E-state index in [1.807, 2.05) is 0 Å². The van der Waals surface area contributed by atoms with Crippen molar-refractivity contribution in [3.05, 3.63) is 0 Å². The number of nitrogens with two attached hydrogens (primary N) is 1. The fourth-order valence-corrected chi connectivity index (χ4v) is 2.57. The second-order valence-electron chi connectivity index (χ2n) is 4.78. The van der Waals surface area contributed by atoms with Gasteiger partial charge in [0, 0.05) is 12.6 Å². The van der Waals surface area contributed by atoms with E-state index in [4.69, 9.17) is 10.6 Å². The van der Waals surface area contributed by atoms with E-state index in [0.29, 0.717) is 12.0 Å². The van der Waals surface area contributed by atoms with Gasteiger partial charge < -0.3 is 4.74 Å². The van der Waals surface area contributed by atoms with Gasteiger partial charge in [-0.2, -0.15) is 0 Å². The lowest BCUT2D eigenvalue weighted by atomic mass is 9.77. The highest BCUT2D eigenvalue weighted by Crippen LogP contribution is 2.33. The monoisotopic (exact) mass is 198 g/mol. The normalized spacial score (nSPS) is 31.1. The maximum atomic E-state index is 5.63. The molecule has 1 aliphatic carbocycles. The largest absolute Gasteiger partial charge is 0.381 e. The molecule has 0 aromatic rings. The van der Waals surface area contributed by atoms with Gasteiger partial charge in [0.25, 0.3) is 0 Å². The second-order valence-corrected chi connectivity index (χ2v) is 4.78. The fraction of sp³-hybridized carbons (Fsp3) is 1.00. The van der Waals surface area contributed by atoms with Crippen LogP contribution < -0.4 is 11.3 Å². The number of hydrogen-bond acceptors (Lipinski definition) is 3. The van der Waals surface area contributed by atoms with Crippen LogP contribution in [0.25, 0.3) is 0 Å². The summed E-state index contributed by atoms with van der Waals surface area (Å²) in [5.74, 6) is 7.20. The Kier molecular flexibility index (Phi) is 3.79. The highest BCUT2D eigenvalue weighted by Gasteiger charge is 2.28. The van der Waals surface area contributed by atoms with Crippen molar-refractivity contribution in [2.45, 2.75) is 44.6 Å². The predicted molar refractivity (Wildman–Crippen MR) is 56.6 cm³/mol. The predicted octanol–water partition coefficient (Wildman–Crippen LogP) is 1.44. The molecule has 2 rings (SSSR count). The third-order valence-corrected chi connectivity index (χ3v) is 3.79. The molecule has 0 radical (unpaired) electrons. The van der Waals surface area contributed by atoms with Crippen LogP contribution in [0.1, 0.15) is 38.5 Å². The Hall–Kier alpha value is -0.120. The summed E-state index contributed by atoms with van der Waals surface area (Å²) in [7, 11) is 0. The van der Waals surface area contributed by atoms with Crippen molar-refractivity contribution in [3.8, 4) is 0 Å². The third-order valence-electron chi connectivity index (χ3n) is 3.79. The van der Waals surface area contributed by atoms with Crippen LogP contribution in [0, 0.1) is 11.8 Å². The van der Waals surface area contributed by atoms with Crippen LogP contribution in [0.2, 0.25) is 0 Å². The Bertz CT molecular complexity index is 165. The van der Waals surface area contributed by atoms with Crippen molar-refractivity contribution in [2.75, 3.05) is 13.2 Å². The lowest BCUT2D eigenvalue weighted by Crippen LogP contribution is -2.45. The Labute approximate surface area is 86.4 Å². The number of ether oxygens (including phenoxy) is 1. The summed E-state index contributed by atoms with van der Waals surface area (Å²) < 4.78 is 5.50. The molecule has 3 N–H and O–H groups in total. The van der Waals surface area contributed by atoms with Gasteiger partial charge in [-0.3, -0.25) is 11.3 Å². The lowest BCUT2D eigenvalue weighted by molar-refractivity contribution is 0.0325. The van der Waals surface area contributed by atoms with Crippen LogP contribution in [-0.4, -0.2) is 19.3 Å². The zero-order chi connectivity index (χ0) is 9.80. The van der Waals surface area contributed by atoms with Crippen LogP contribution >= 0.6 is 0 Å². The summed E-state index contributed by atoms with van der Waals surface area (Å²) in [4.78, 5) is 0. The minimum absolute atomic E-state index is 0.487. The first-order chi connectivity index (χ1) is 6.90. The highest BCUT2D eigenvalue weighted by atomic mass is 16.5. The molecule has 2 aliphatic rings. The van der Waals surface area contributed by atoms with Crippen molar-refractivity contribution in [3.63, 3.8) is 0 Å². The van der Waals surface area contributed by atoms with Gasteiger partial charge in [-0.15, -0.1) is 0 Å². The van der Waals surface area contributed by atoms with Gasteiger partial charge >= 0.3 is 0 Å². The van der Waals surface area contributed by atoms with Crippen molar-refractivity contribution in [1.82, 2.24) is 5.43 Å². The summed E-state index contributed by atoms with van der Waals surface area (Å²) >= 11 is 0. The number of hydrogen-bond donors (Lipinski definition) is 2. The highest BCUT2D eigenvalue weighted by molar-refractivity contribution is 4.82. The van der Waals surface area contributed by atoms with E-state index in [-0.39, 0.29) is 0 Å². The smallest absolute Gasteiger partial charge is 0.0509 e. The topological polar surface area (TPSA) is 47.3 Å². The SMILES string of the molecule is NNC(CC1CCC1)C1CCCOC1. The molecule has 0 spiro atoms. The molecule has 1 saturated carbocycles. The fourth-order valence-electron chi connectivity index (χ4n) is 2.57. The minimum atomic E-state index is 0.487. The molecule has 2 atom stereocenters. The molecule has 0 bridgehead atoms. The number of nitrogens with one attached hydrogen (secondary N) is 1. The Balaban J connectivity index is 1.77. The summed E-state index contributed by atoms with van der Waals surface area (Å²) in [6.07, 6.45) is 7.97. The van der Waals surface area contributed by atoms with Gasteiger partial charge in [-0.1, -0.05) is 19.3 Å². The summed E-state index contributed by atoms with van der Waals surface area (Å²) in [6, 6.07) is 0.487. The molecule has 2 fully saturated rings. The minimum Gasteiger partial charge on any atom is -0.381 e. The first-order valence-corrected chi connectivity index (χ1v) is 5.94. The first-order valence-electron chi connectivity index (χ1n) is 5.94. The molecule has 3 heteroatoms. The zero-order valence-electron chi connectivity index (χ0n) is 8.87. The quantitative estimate of drug-likeness (QED) is 0.531. The average molecular weight is 198 g/mol. The van der Waals surface area contributed by atoms with Gasteiger partial charge in [-0.25, -0.2) is 0 Å². The zero-order valence-corrected chi connectivity index (χ0v) is 8.87. The maximum Gasteiger partial charge on any atom is 0.0509 e. The van der Waals surface area contributed by atoms with Crippen molar-refractivity contribution in [2.24, 2.45) is 17.7 Å². The molecule has 1 saturated heterocycles. The van der Waals surface area contributed by atoms with Crippen molar-refractivity contribution in [1.29, 1.82) is 0 Å². The van der Waals surface area contributed by atoms with E-state index < -0.39 is 0 Å². The Morgan fingerprint density at radius 2 is 2.14 bits per heavy atom. The van der Waals surface area contributed by atoms with E-state index in [9.17, 15) is 0 Å². The van der Waals surface area contributed by atoms with Crippen LogP contribution in [0.15, 0.2) is 0 Å². The first kappa shape index (κ1) is 10.4. The molecule has 0 aromatic carbocycles. The lowest BCUT2D eigenvalue weighted by Gasteiger charge is -2.35. The molecule has 1 heterocycles. The molecule has 82 valence electrons. The Morgan fingerprint density at radius 1 is 1.29 bits per heavy atom. The van der Waals surface area contributed by atoms with Crippen LogP contribution in [0.4, 0.5) is 0 Å². The van der Waals surface area contributed by atoms with E-state index in [2.05, 4.69) is 5.43 Å². The van der Waals surface area contributed by atoms with Crippen molar-refractivity contribution < 1.29 is 4.74 Å². The van der Waals surface area contributed by atoms with Gasteiger partial charge in [0.15, 0.2) is 0 Å². The van der Waals surface area contributed by atoms with E-state index in [1.54, 1.807) is 0 Å². The van der Waals surface area contributed by atoms with E-state index in [0.717, 1.165) is 19.1 Å². The second kappa shape index (κ2) is 5.10. The van der Waals surface area contributed by atoms with E-state index >= 15 is 0 Å². The van der Waals surface area contributed by atoms with E-state index in [1.165, 1.54) is 38.5 Å². The van der Waals surface area contributed by atoms with Crippen LogP contribution in [-0.2, 0) is 4.74 Å². The summed E-state index contributed by atoms with van der Waals surface area (Å²) in [6.45, 7) is 1.85. The third kappa shape index (κ3) is 2.47. The summed E-state index contributed by atoms with van der Waals surface area (Å²) in [5.41, 5.74) is 2.99. The molecular formula is C11H22N2O. The van der Waals surface area contributed by atoms with Gasteiger partial charge in [-0.05, 0) is 31.1 Å². The molecule has 0 amide bonds. The Morgan fingerprint density at radius 3 is 2.64 bits per heavy atom.